The predicted molar refractivity (Wildman–Crippen MR) is 51.3 cm³/mol. The third kappa shape index (κ3) is 1.95. The number of pyridine rings is 1. The number of rotatable bonds is 1. The van der Waals surface area contributed by atoms with Crippen LogP contribution < -0.4 is 5.73 Å². The molecule has 0 spiro atoms. The van der Waals surface area contributed by atoms with Crippen LogP contribution >= 0.6 is 34.2 Å². The lowest BCUT2D eigenvalue weighted by molar-refractivity contribution is 0.146. The van der Waals surface area contributed by atoms with Crippen molar-refractivity contribution in [3.63, 3.8) is 0 Å². The number of halogens is 4. The molecule has 66 valence electrons. The van der Waals surface area contributed by atoms with E-state index in [1.54, 1.807) is 0 Å². The van der Waals surface area contributed by atoms with Gasteiger partial charge >= 0.3 is 0 Å². The van der Waals surface area contributed by atoms with Crippen molar-refractivity contribution in [2.45, 2.75) is 6.43 Å². The molecule has 12 heavy (non-hydrogen) atoms. The average Bonchev–Trinajstić information content (AvgIpc) is 1.99. The van der Waals surface area contributed by atoms with Crippen molar-refractivity contribution in [2.75, 3.05) is 5.73 Å². The van der Waals surface area contributed by atoms with Crippen LogP contribution in [0.4, 0.5) is 14.5 Å². The number of aromatic nitrogens is 1. The highest BCUT2D eigenvalue weighted by Gasteiger charge is 2.13. The Morgan fingerprint density at radius 2 is 2.17 bits per heavy atom. The van der Waals surface area contributed by atoms with Crippen LogP contribution in [0, 0.1) is 3.57 Å². The lowest BCUT2D eigenvalue weighted by Gasteiger charge is -2.03. The molecule has 0 fully saturated rings. The van der Waals surface area contributed by atoms with Crippen LogP contribution in [0.25, 0.3) is 0 Å². The van der Waals surface area contributed by atoms with Gasteiger partial charge in [-0.1, -0.05) is 11.6 Å². The summed E-state index contributed by atoms with van der Waals surface area (Å²) in [6.45, 7) is 0. The molecule has 0 radical (unpaired) electrons. The van der Waals surface area contributed by atoms with Crippen LogP contribution in [-0.2, 0) is 0 Å². The number of nitrogens with zero attached hydrogens (tertiary/aromatic N) is 1. The van der Waals surface area contributed by atoms with Gasteiger partial charge in [-0.05, 0) is 28.7 Å². The highest BCUT2D eigenvalue weighted by atomic mass is 127. The Kier molecular flexibility index (Phi) is 3.05. The van der Waals surface area contributed by atoms with Gasteiger partial charge in [0.2, 0.25) is 0 Å². The van der Waals surface area contributed by atoms with E-state index in [9.17, 15) is 8.78 Å². The van der Waals surface area contributed by atoms with Crippen LogP contribution in [0.15, 0.2) is 6.07 Å². The summed E-state index contributed by atoms with van der Waals surface area (Å²) in [4.78, 5) is 3.46. The van der Waals surface area contributed by atoms with E-state index in [0.717, 1.165) is 6.07 Å². The zero-order valence-electron chi connectivity index (χ0n) is 5.69. The van der Waals surface area contributed by atoms with E-state index in [-0.39, 0.29) is 10.8 Å². The number of nitrogen functional groups attached to an aromatic ring is 1. The summed E-state index contributed by atoms with van der Waals surface area (Å²) in [7, 11) is 0. The first-order chi connectivity index (χ1) is 5.52. The number of hydrogen-bond donors (Lipinski definition) is 1. The molecule has 0 aliphatic rings. The molecule has 1 rings (SSSR count). The summed E-state index contributed by atoms with van der Waals surface area (Å²) in [5.41, 5.74) is 5.23. The van der Waals surface area contributed by atoms with E-state index < -0.39 is 12.1 Å². The number of anilines is 1. The van der Waals surface area contributed by atoms with Gasteiger partial charge < -0.3 is 5.73 Å². The number of nitrogens with two attached hydrogens (primary N) is 1. The summed E-state index contributed by atoms with van der Waals surface area (Å²) in [5, 5.41) is 0.0194. The lowest BCUT2D eigenvalue weighted by Crippen LogP contribution is -1.98. The van der Waals surface area contributed by atoms with E-state index in [1.807, 2.05) is 22.6 Å². The molecule has 2 nitrogen and oxygen atoms in total. The molecule has 0 saturated heterocycles. The maximum atomic E-state index is 12.1. The Balaban J connectivity index is 3.21. The quantitative estimate of drug-likeness (QED) is 0.640. The van der Waals surface area contributed by atoms with E-state index in [2.05, 4.69) is 4.98 Å². The van der Waals surface area contributed by atoms with Gasteiger partial charge in [-0.3, -0.25) is 0 Å². The molecule has 0 aromatic carbocycles. The van der Waals surface area contributed by atoms with Crippen molar-refractivity contribution in [1.29, 1.82) is 0 Å². The molecule has 0 aliphatic carbocycles. The van der Waals surface area contributed by atoms with Crippen LogP contribution in [-0.4, -0.2) is 4.98 Å². The highest BCUT2D eigenvalue weighted by molar-refractivity contribution is 14.1. The molecule has 0 atom stereocenters. The van der Waals surface area contributed by atoms with Gasteiger partial charge in [-0.2, -0.15) is 0 Å². The van der Waals surface area contributed by atoms with Gasteiger partial charge in [-0.25, -0.2) is 13.8 Å². The van der Waals surface area contributed by atoms with Crippen LogP contribution in [0.2, 0.25) is 5.15 Å². The maximum Gasteiger partial charge on any atom is 0.280 e. The second kappa shape index (κ2) is 3.69. The molecule has 1 aromatic heterocycles. The van der Waals surface area contributed by atoms with Gasteiger partial charge in [0.05, 0.1) is 9.26 Å². The second-order valence-electron chi connectivity index (χ2n) is 2.04. The fourth-order valence-electron chi connectivity index (χ4n) is 0.648. The molecular formula is C6H4ClF2IN2. The molecule has 0 aliphatic heterocycles. The average molecular weight is 304 g/mol. The third-order valence-electron chi connectivity index (χ3n) is 1.19. The smallest absolute Gasteiger partial charge is 0.280 e. The van der Waals surface area contributed by atoms with Crippen LogP contribution in [0.3, 0.4) is 0 Å². The number of alkyl halides is 2. The van der Waals surface area contributed by atoms with Crippen molar-refractivity contribution in [2.24, 2.45) is 0 Å². The van der Waals surface area contributed by atoms with Gasteiger partial charge in [0.15, 0.2) is 0 Å². The van der Waals surface area contributed by atoms with Gasteiger partial charge in [0.1, 0.15) is 10.8 Å². The Bertz CT molecular complexity index is 283. The lowest BCUT2D eigenvalue weighted by atomic mass is 10.3. The second-order valence-corrected chi connectivity index (χ2v) is 3.48. The molecule has 0 unspecified atom stereocenters. The summed E-state index contributed by atoms with van der Waals surface area (Å²) in [6.07, 6.45) is -2.64. The summed E-state index contributed by atoms with van der Waals surface area (Å²) in [6, 6.07) is 1.12. The Morgan fingerprint density at radius 1 is 1.58 bits per heavy atom. The third-order valence-corrected chi connectivity index (χ3v) is 2.91. The standard InChI is InChI=1S/C6H4ClF2IN2/c7-5-4(10)2(11)1-3(12-5)6(8)9/h1,6H,(H2,11,12). The van der Waals surface area contributed by atoms with E-state index in [0.29, 0.717) is 3.57 Å². The fourth-order valence-corrected chi connectivity index (χ4v) is 1.13. The van der Waals surface area contributed by atoms with Crippen molar-refractivity contribution >= 4 is 39.9 Å². The predicted octanol–water partition coefficient (Wildman–Crippen LogP) is 2.86. The molecule has 0 bridgehead atoms. The summed E-state index contributed by atoms with van der Waals surface area (Å²) >= 11 is 7.38. The Labute approximate surface area is 86.3 Å². The first kappa shape index (κ1) is 9.91. The first-order valence-electron chi connectivity index (χ1n) is 2.92. The zero-order chi connectivity index (χ0) is 9.30. The normalized spacial score (nSPS) is 10.8. The largest absolute Gasteiger partial charge is 0.398 e. The SMILES string of the molecule is Nc1cc(C(F)F)nc(Cl)c1I. The molecule has 1 aromatic rings. The highest BCUT2D eigenvalue weighted by Crippen LogP contribution is 2.27. The van der Waals surface area contributed by atoms with E-state index in [1.165, 1.54) is 0 Å². The van der Waals surface area contributed by atoms with Crippen molar-refractivity contribution in [3.05, 3.63) is 20.5 Å². The molecular weight excluding hydrogens is 300 g/mol. The van der Waals surface area contributed by atoms with E-state index >= 15 is 0 Å². The molecule has 2 N–H and O–H groups in total. The number of hydrogen-bond acceptors (Lipinski definition) is 2. The first-order valence-corrected chi connectivity index (χ1v) is 4.37. The van der Waals surface area contributed by atoms with Gasteiger partial charge in [0.25, 0.3) is 6.43 Å². The fraction of sp³-hybridized carbons (Fsp3) is 0.167. The minimum atomic E-state index is -2.64. The molecule has 6 heteroatoms. The van der Waals surface area contributed by atoms with Gasteiger partial charge in [-0.15, -0.1) is 0 Å². The topological polar surface area (TPSA) is 38.9 Å². The summed E-state index contributed by atoms with van der Waals surface area (Å²) < 4.78 is 24.7. The molecule has 0 saturated carbocycles. The maximum absolute atomic E-state index is 12.1. The monoisotopic (exact) mass is 304 g/mol. The van der Waals surface area contributed by atoms with Crippen molar-refractivity contribution in [1.82, 2.24) is 4.98 Å². The van der Waals surface area contributed by atoms with Crippen molar-refractivity contribution in [3.8, 4) is 0 Å². The van der Waals surface area contributed by atoms with Gasteiger partial charge in [0, 0.05) is 0 Å². The van der Waals surface area contributed by atoms with Crippen LogP contribution in [0.5, 0.6) is 0 Å². The Hall–Kier alpha value is -0.170. The summed E-state index contributed by atoms with van der Waals surface area (Å²) in [5.74, 6) is 0. The van der Waals surface area contributed by atoms with E-state index in [4.69, 9.17) is 17.3 Å². The minimum absolute atomic E-state index is 0.0194. The molecule has 0 amide bonds. The van der Waals surface area contributed by atoms with Crippen LogP contribution in [0.1, 0.15) is 12.1 Å². The zero-order valence-corrected chi connectivity index (χ0v) is 8.60. The Morgan fingerprint density at radius 3 is 2.58 bits per heavy atom. The van der Waals surface area contributed by atoms with Crippen molar-refractivity contribution < 1.29 is 8.78 Å². The minimum Gasteiger partial charge on any atom is -0.398 e. The molecule has 1 heterocycles.